The molecule has 0 saturated carbocycles. The van der Waals surface area contributed by atoms with Crippen LogP contribution in [0.1, 0.15) is 36.0 Å². The maximum Gasteiger partial charge on any atom is 0.255 e. The summed E-state index contributed by atoms with van der Waals surface area (Å²) in [7, 11) is 0. The minimum atomic E-state index is -1.34. The Morgan fingerprint density at radius 3 is 2.57 bits per heavy atom. The predicted octanol–water partition coefficient (Wildman–Crippen LogP) is 2.63. The zero-order valence-corrected chi connectivity index (χ0v) is 16.1. The largest absolute Gasteiger partial charge is 0.379 e. The lowest BCUT2D eigenvalue weighted by Gasteiger charge is -2.38. The van der Waals surface area contributed by atoms with Crippen molar-refractivity contribution < 1.29 is 9.90 Å². The average Bonchev–Trinajstić information content (AvgIpc) is 2.73. The number of nitrogens with one attached hydrogen (secondary N) is 1. The minimum Gasteiger partial charge on any atom is -0.379 e. The van der Waals surface area contributed by atoms with Gasteiger partial charge < -0.3 is 15.3 Å². The minimum absolute atomic E-state index is 0.167. The highest BCUT2D eigenvalue weighted by molar-refractivity contribution is 5.86. The van der Waals surface area contributed by atoms with E-state index >= 15 is 0 Å². The molecule has 1 amide bonds. The van der Waals surface area contributed by atoms with Gasteiger partial charge in [0.05, 0.1) is 11.6 Å². The summed E-state index contributed by atoms with van der Waals surface area (Å²) >= 11 is 0. The molecule has 1 fully saturated rings. The molecule has 1 aliphatic rings. The van der Waals surface area contributed by atoms with Crippen molar-refractivity contribution in [3.63, 3.8) is 0 Å². The lowest BCUT2D eigenvalue weighted by atomic mass is 9.91. The Kier molecular flexibility index (Phi) is 6.80. The van der Waals surface area contributed by atoms with E-state index in [-0.39, 0.29) is 12.5 Å². The fourth-order valence-electron chi connectivity index (χ4n) is 3.67. The first kappa shape index (κ1) is 20.1. The molecule has 0 spiro atoms. The molecule has 1 heterocycles. The van der Waals surface area contributed by atoms with Gasteiger partial charge in [-0.2, -0.15) is 5.26 Å². The third-order valence-electron chi connectivity index (χ3n) is 5.27. The molecule has 2 aromatic carbocycles. The molecule has 1 aliphatic heterocycles. The van der Waals surface area contributed by atoms with Crippen molar-refractivity contribution in [3.8, 4) is 6.07 Å². The normalized spacial score (nSPS) is 19.4. The van der Waals surface area contributed by atoms with Gasteiger partial charge in [0.2, 0.25) is 0 Å². The lowest BCUT2D eigenvalue weighted by molar-refractivity contribution is -0.156. The van der Waals surface area contributed by atoms with Gasteiger partial charge in [-0.15, -0.1) is 0 Å². The van der Waals surface area contributed by atoms with Crippen molar-refractivity contribution in [1.29, 1.82) is 5.26 Å². The number of likely N-dealkylation sites (tertiary alicyclic amines) is 1. The number of aliphatic hydroxyl groups is 1. The quantitative estimate of drug-likeness (QED) is 0.741. The highest BCUT2D eigenvalue weighted by Gasteiger charge is 2.41. The van der Waals surface area contributed by atoms with Crippen LogP contribution in [0.3, 0.4) is 0 Å². The smallest absolute Gasteiger partial charge is 0.255 e. The molecule has 0 unspecified atom stereocenters. The summed E-state index contributed by atoms with van der Waals surface area (Å²) < 4.78 is 0. The van der Waals surface area contributed by atoms with Gasteiger partial charge in [0.25, 0.3) is 5.91 Å². The van der Waals surface area contributed by atoms with E-state index < -0.39 is 5.60 Å². The van der Waals surface area contributed by atoms with Crippen molar-refractivity contribution in [2.75, 3.05) is 19.6 Å². The first-order valence-electron chi connectivity index (χ1n) is 9.86. The van der Waals surface area contributed by atoms with Crippen molar-refractivity contribution >= 4 is 5.91 Å². The zero-order chi connectivity index (χ0) is 19.8. The lowest BCUT2D eigenvalue weighted by Crippen LogP contribution is -2.58. The number of nitrogens with zero attached hydrogens (tertiary/aromatic N) is 2. The van der Waals surface area contributed by atoms with Gasteiger partial charge in [-0.3, -0.25) is 4.79 Å². The topological polar surface area (TPSA) is 76.4 Å². The highest BCUT2D eigenvalue weighted by Crippen LogP contribution is 2.23. The number of piperidine rings is 1. The highest BCUT2D eigenvalue weighted by atomic mass is 16.3. The maximum absolute atomic E-state index is 12.8. The Balaban J connectivity index is 1.48. The Bertz CT molecular complexity index is 814. The number of rotatable bonds is 8. The van der Waals surface area contributed by atoms with E-state index in [9.17, 15) is 9.90 Å². The summed E-state index contributed by atoms with van der Waals surface area (Å²) in [5, 5.41) is 22.9. The molecule has 5 nitrogen and oxygen atoms in total. The first-order chi connectivity index (χ1) is 13.6. The average molecular weight is 377 g/mol. The van der Waals surface area contributed by atoms with Crippen LogP contribution in [0.4, 0.5) is 0 Å². The monoisotopic (exact) mass is 377 g/mol. The van der Waals surface area contributed by atoms with Crippen LogP contribution in [0.2, 0.25) is 0 Å². The Morgan fingerprint density at radius 2 is 1.86 bits per heavy atom. The second-order valence-electron chi connectivity index (χ2n) is 7.43. The summed E-state index contributed by atoms with van der Waals surface area (Å²) in [6, 6.07) is 19.7. The molecule has 1 atom stereocenters. The summed E-state index contributed by atoms with van der Waals surface area (Å²) in [6.07, 6.45) is 3.12. The Morgan fingerprint density at radius 1 is 1.11 bits per heavy atom. The van der Waals surface area contributed by atoms with Gasteiger partial charge in [-0.25, -0.2) is 0 Å². The second-order valence-corrected chi connectivity index (χ2v) is 7.43. The van der Waals surface area contributed by atoms with Crippen LogP contribution in [0, 0.1) is 11.3 Å². The molecule has 2 N–H and O–H groups in total. The zero-order valence-electron chi connectivity index (χ0n) is 16.1. The fourth-order valence-corrected chi connectivity index (χ4v) is 3.67. The van der Waals surface area contributed by atoms with Crippen molar-refractivity contribution in [3.05, 3.63) is 71.3 Å². The summed E-state index contributed by atoms with van der Waals surface area (Å²) in [4.78, 5) is 14.6. The number of carbonyl (C=O) groups is 1. The van der Waals surface area contributed by atoms with Crippen LogP contribution in [-0.4, -0.2) is 41.1 Å². The van der Waals surface area contributed by atoms with Gasteiger partial charge in [0.1, 0.15) is 0 Å². The molecule has 28 heavy (non-hydrogen) atoms. The van der Waals surface area contributed by atoms with Gasteiger partial charge in [-0.05, 0) is 48.9 Å². The van der Waals surface area contributed by atoms with Crippen LogP contribution in [-0.2, 0) is 17.8 Å². The van der Waals surface area contributed by atoms with E-state index in [1.165, 1.54) is 5.56 Å². The molecule has 0 aliphatic carbocycles. The number of nitriles is 1. The third-order valence-corrected chi connectivity index (χ3v) is 5.27. The van der Waals surface area contributed by atoms with Crippen molar-refractivity contribution in [2.45, 2.75) is 37.8 Å². The number of amides is 1. The van der Waals surface area contributed by atoms with Gasteiger partial charge in [-0.1, -0.05) is 42.5 Å². The van der Waals surface area contributed by atoms with Gasteiger partial charge in [0, 0.05) is 26.2 Å². The Labute approximate surface area is 166 Å². The van der Waals surface area contributed by atoms with E-state index in [1.54, 1.807) is 17.0 Å². The van der Waals surface area contributed by atoms with Crippen LogP contribution in [0.5, 0.6) is 0 Å². The van der Waals surface area contributed by atoms with E-state index in [4.69, 9.17) is 5.26 Å². The standard InChI is InChI=1S/C23H27N3O2/c24-16-20-9-11-21(12-10-20)17-25-18-23(28)13-5-15-26(22(23)27)14-4-8-19-6-2-1-3-7-19/h1-3,6-7,9-12,25,28H,4-5,8,13-15,17-18H2/t23-/m0/s1. The molecular weight excluding hydrogens is 350 g/mol. The number of hydrogen-bond donors (Lipinski definition) is 2. The summed E-state index contributed by atoms with van der Waals surface area (Å²) in [6.45, 7) is 2.17. The fraction of sp³-hybridized carbons (Fsp3) is 0.391. The Hall–Kier alpha value is -2.68. The van der Waals surface area contributed by atoms with E-state index in [2.05, 4.69) is 23.5 Å². The molecular formula is C23H27N3O2. The van der Waals surface area contributed by atoms with Crippen LogP contribution in [0.25, 0.3) is 0 Å². The molecule has 0 radical (unpaired) electrons. The number of hydrogen-bond acceptors (Lipinski definition) is 4. The molecule has 2 aromatic rings. The number of aryl methyl sites for hydroxylation is 1. The van der Waals surface area contributed by atoms with Crippen molar-refractivity contribution in [2.24, 2.45) is 0 Å². The van der Waals surface area contributed by atoms with Crippen LogP contribution >= 0.6 is 0 Å². The maximum atomic E-state index is 12.8. The predicted molar refractivity (Wildman–Crippen MR) is 108 cm³/mol. The first-order valence-corrected chi connectivity index (χ1v) is 9.86. The van der Waals surface area contributed by atoms with E-state index in [1.807, 2.05) is 30.3 Å². The third kappa shape index (κ3) is 5.19. The summed E-state index contributed by atoms with van der Waals surface area (Å²) in [5.41, 5.74) is 1.57. The van der Waals surface area contributed by atoms with Crippen LogP contribution in [0.15, 0.2) is 54.6 Å². The molecule has 1 saturated heterocycles. The summed E-state index contributed by atoms with van der Waals surface area (Å²) in [5.74, 6) is -0.167. The van der Waals surface area contributed by atoms with Crippen LogP contribution < -0.4 is 5.32 Å². The number of carbonyl (C=O) groups excluding carboxylic acids is 1. The number of benzene rings is 2. The molecule has 0 aromatic heterocycles. The van der Waals surface area contributed by atoms with E-state index in [0.717, 1.165) is 24.8 Å². The van der Waals surface area contributed by atoms with Gasteiger partial charge >= 0.3 is 0 Å². The molecule has 146 valence electrons. The van der Waals surface area contributed by atoms with Crippen molar-refractivity contribution in [1.82, 2.24) is 10.2 Å². The van der Waals surface area contributed by atoms with Gasteiger partial charge in [0.15, 0.2) is 5.60 Å². The SMILES string of the molecule is N#Cc1ccc(CNC[C@@]2(O)CCCN(CCCc3ccccc3)C2=O)cc1. The molecule has 5 heteroatoms. The molecule has 0 bridgehead atoms. The molecule has 3 rings (SSSR count). The van der Waals surface area contributed by atoms with E-state index in [0.29, 0.717) is 31.6 Å². The second kappa shape index (κ2) is 9.50.